The molecule has 3 nitrogen and oxygen atoms in total. The van der Waals surface area contributed by atoms with Gasteiger partial charge in [-0.3, -0.25) is 0 Å². The quantitative estimate of drug-likeness (QED) is 0.705. The molecule has 2 aromatic carbocycles. The Kier molecular flexibility index (Phi) is 4.88. The third-order valence-corrected chi connectivity index (χ3v) is 3.37. The largest absolute Gasteiger partial charge is 0.355 e. The highest BCUT2D eigenvalue weighted by Crippen LogP contribution is 2.25. The van der Waals surface area contributed by atoms with Crippen molar-refractivity contribution in [2.45, 2.75) is 33.1 Å². The van der Waals surface area contributed by atoms with Crippen LogP contribution >= 0.6 is 0 Å². The third-order valence-electron chi connectivity index (χ3n) is 3.37. The molecule has 2 aromatic rings. The van der Waals surface area contributed by atoms with Gasteiger partial charge in [0.2, 0.25) is 0 Å². The topological polar surface area (TPSA) is 41.5 Å². The summed E-state index contributed by atoms with van der Waals surface area (Å²) >= 11 is 0. The summed E-state index contributed by atoms with van der Waals surface area (Å²) in [5.41, 5.74) is 4.90. The van der Waals surface area contributed by atoms with E-state index in [1.165, 1.54) is 18.4 Å². The standard InChI is InChI=1S/C17H20N2O/c1-3-4-5-14-6-8-15(9-7-14)18-17-11-10-16(19-20)12-13(17)2/h6-12,18H,3-5H2,1-2H3. The van der Waals surface area contributed by atoms with Crippen LogP contribution in [0.5, 0.6) is 0 Å². The first-order chi connectivity index (χ1) is 9.72. The van der Waals surface area contributed by atoms with E-state index in [1.807, 2.05) is 13.0 Å². The van der Waals surface area contributed by atoms with Crippen LogP contribution in [0.25, 0.3) is 0 Å². The molecule has 0 aliphatic heterocycles. The van der Waals surface area contributed by atoms with Gasteiger partial charge in [0.1, 0.15) is 5.69 Å². The van der Waals surface area contributed by atoms with E-state index in [0.29, 0.717) is 5.69 Å². The Hall–Kier alpha value is -2.16. The number of benzene rings is 2. The molecule has 0 atom stereocenters. The molecule has 0 heterocycles. The fourth-order valence-electron chi connectivity index (χ4n) is 2.14. The number of unbranched alkanes of at least 4 members (excludes halogenated alkanes) is 1. The van der Waals surface area contributed by atoms with Crippen molar-refractivity contribution >= 4 is 17.1 Å². The van der Waals surface area contributed by atoms with Crippen LogP contribution in [0.4, 0.5) is 17.1 Å². The predicted octanol–water partition coefficient (Wildman–Crippen LogP) is 5.48. The van der Waals surface area contributed by atoms with E-state index in [0.717, 1.165) is 23.4 Å². The maximum atomic E-state index is 10.5. The molecule has 0 amide bonds. The fourth-order valence-corrected chi connectivity index (χ4v) is 2.14. The zero-order valence-electron chi connectivity index (χ0n) is 12.0. The van der Waals surface area contributed by atoms with Crippen LogP contribution in [0.1, 0.15) is 30.9 Å². The number of anilines is 2. The minimum atomic E-state index is 0.461. The highest BCUT2D eigenvalue weighted by molar-refractivity contribution is 5.65. The summed E-state index contributed by atoms with van der Waals surface area (Å²) in [6, 6.07) is 13.9. The van der Waals surface area contributed by atoms with E-state index in [2.05, 4.69) is 41.7 Å². The lowest BCUT2D eigenvalue weighted by Gasteiger charge is -2.10. The maximum Gasteiger partial charge on any atom is 0.108 e. The lowest BCUT2D eigenvalue weighted by Crippen LogP contribution is -1.93. The molecule has 0 radical (unpaired) electrons. The van der Waals surface area contributed by atoms with Crippen LogP contribution in [-0.4, -0.2) is 0 Å². The van der Waals surface area contributed by atoms with Gasteiger partial charge in [0.25, 0.3) is 0 Å². The Morgan fingerprint density at radius 3 is 2.45 bits per heavy atom. The summed E-state index contributed by atoms with van der Waals surface area (Å²) in [5, 5.41) is 6.30. The number of nitrogens with one attached hydrogen (secondary N) is 1. The Bertz CT molecular complexity index is 576. The molecule has 0 fully saturated rings. The average Bonchev–Trinajstić information content (AvgIpc) is 2.48. The van der Waals surface area contributed by atoms with Gasteiger partial charge in [-0.25, -0.2) is 0 Å². The smallest absolute Gasteiger partial charge is 0.108 e. The van der Waals surface area contributed by atoms with Gasteiger partial charge in [0.05, 0.1) is 0 Å². The molecule has 0 aliphatic rings. The highest BCUT2D eigenvalue weighted by Gasteiger charge is 2.01. The zero-order chi connectivity index (χ0) is 14.4. The molecule has 0 saturated carbocycles. The molecule has 1 N–H and O–H groups in total. The monoisotopic (exact) mass is 268 g/mol. The number of nitroso groups, excluding NO2 is 1. The van der Waals surface area contributed by atoms with E-state index in [-0.39, 0.29) is 0 Å². The Balaban J connectivity index is 2.08. The van der Waals surface area contributed by atoms with Gasteiger partial charge < -0.3 is 5.32 Å². The average molecular weight is 268 g/mol. The molecule has 3 heteroatoms. The SMILES string of the molecule is CCCCc1ccc(Nc2ccc(N=O)cc2C)cc1. The van der Waals surface area contributed by atoms with Crippen molar-refractivity contribution in [3.63, 3.8) is 0 Å². The summed E-state index contributed by atoms with van der Waals surface area (Å²) in [6.45, 7) is 4.17. The predicted molar refractivity (Wildman–Crippen MR) is 85.0 cm³/mol. The summed E-state index contributed by atoms with van der Waals surface area (Å²) in [6.07, 6.45) is 3.58. The maximum absolute atomic E-state index is 10.5. The van der Waals surface area contributed by atoms with Crippen LogP contribution in [-0.2, 0) is 6.42 Å². The minimum Gasteiger partial charge on any atom is -0.355 e. The van der Waals surface area contributed by atoms with Gasteiger partial charge in [-0.1, -0.05) is 25.5 Å². The Morgan fingerprint density at radius 2 is 1.85 bits per heavy atom. The first kappa shape index (κ1) is 14.3. The first-order valence-corrected chi connectivity index (χ1v) is 7.03. The van der Waals surface area contributed by atoms with Crippen LogP contribution in [0.15, 0.2) is 47.6 Å². The van der Waals surface area contributed by atoms with E-state index < -0.39 is 0 Å². The molecule has 0 aliphatic carbocycles. The van der Waals surface area contributed by atoms with Gasteiger partial charge in [-0.15, -0.1) is 4.91 Å². The lowest BCUT2D eigenvalue weighted by molar-refractivity contribution is 0.795. The van der Waals surface area contributed by atoms with Gasteiger partial charge >= 0.3 is 0 Å². The normalized spacial score (nSPS) is 10.3. The van der Waals surface area contributed by atoms with Crippen LogP contribution in [0.3, 0.4) is 0 Å². The number of rotatable bonds is 6. The number of nitrogens with zero attached hydrogens (tertiary/aromatic N) is 1. The van der Waals surface area contributed by atoms with Crippen molar-refractivity contribution in [3.05, 3.63) is 58.5 Å². The number of aryl methyl sites for hydroxylation is 2. The molecule has 2 rings (SSSR count). The number of hydrogen-bond acceptors (Lipinski definition) is 3. The first-order valence-electron chi connectivity index (χ1n) is 7.03. The third kappa shape index (κ3) is 3.67. The van der Waals surface area contributed by atoms with Crippen LogP contribution < -0.4 is 5.32 Å². The summed E-state index contributed by atoms with van der Waals surface area (Å²) < 4.78 is 0. The minimum absolute atomic E-state index is 0.461. The van der Waals surface area contributed by atoms with Crippen molar-refractivity contribution in [1.82, 2.24) is 0 Å². The van der Waals surface area contributed by atoms with E-state index in [9.17, 15) is 4.91 Å². The van der Waals surface area contributed by atoms with Gasteiger partial charge in [-0.2, -0.15) is 0 Å². The molecule has 104 valence electrons. The van der Waals surface area contributed by atoms with E-state index >= 15 is 0 Å². The van der Waals surface area contributed by atoms with Gasteiger partial charge in [0, 0.05) is 11.4 Å². The van der Waals surface area contributed by atoms with Crippen molar-refractivity contribution < 1.29 is 0 Å². The van der Waals surface area contributed by atoms with Crippen LogP contribution in [0, 0.1) is 11.8 Å². The summed E-state index contributed by atoms with van der Waals surface area (Å²) in [7, 11) is 0. The molecule has 0 unspecified atom stereocenters. The van der Waals surface area contributed by atoms with Crippen molar-refractivity contribution in [2.24, 2.45) is 5.18 Å². The zero-order valence-corrected chi connectivity index (χ0v) is 12.0. The summed E-state index contributed by atoms with van der Waals surface area (Å²) in [4.78, 5) is 10.5. The fraction of sp³-hybridized carbons (Fsp3) is 0.294. The molecule has 0 aromatic heterocycles. The second-order valence-corrected chi connectivity index (χ2v) is 5.02. The molecular weight excluding hydrogens is 248 g/mol. The number of hydrogen-bond donors (Lipinski definition) is 1. The molecular formula is C17H20N2O. The second-order valence-electron chi connectivity index (χ2n) is 5.02. The molecule has 0 bridgehead atoms. The lowest BCUT2D eigenvalue weighted by atomic mass is 10.1. The van der Waals surface area contributed by atoms with Crippen molar-refractivity contribution in [1.29, 1.82) is 0 Å². The Morgan fingerprint density at radius 1 is 1.10 bits per heavy atom. The second kappa shape index (κ2) is 6.85. The summed E-state index contributed by atoms with van der Waals surface area (Å²) in [5.74, 6) is 0. The van der Waals surface area contributed by atoms with Gasteiger partial charge in [-0.05, 0) is 66.4 Å². The Labute approximate surface area is 120 Å². The van der Waals surface area contributed by atoms with Crippen LogP contribution in [0.2, 0.25) is 0 Å². The molecule has 20 heavy (non-hydrogen) atoms. The van der Waals surface area contributed by atoms with E-state index in [1.54, 1.807) is 12.1 Å². The van der Waals surface area contributed by atoms with Crippen molar-refractivity contribution in [3.8, 4) is 0 Å². The van der Waals surface area contributed by atoms with Crippen molar-refractivity contribution in [2.75, 3.05) is 5.32 Å². The molecule has 0 saturated heterocycles. The van der Waals surface area contributed by atoms with E-state index in [4.69, 9.17) is 0 Å². The molecule has 0 spiro atoms. The highest BCUT2D eigenvalue weighted by atomic mass is 16.3. The van der Waals surface area contributed by atoms with Gasteiger partial charge in [0.15, 0.2) is 0 Å².